The number of carbonyl (C=O) groups is 1. The van der Waals surface area contributed by atoms with Gasteiger partial charge in [-0.15, -0.1) is 6.42 Å². The molecule has 5 nitrogen and oxygen atoms in total. The molecule has 0 heterocycles. The van der Waals surface area contributed by atoms with Crippen molar-refractivity contribution in [3.8, 4) is 12.3 Å². The molecule has 0 amide bonds. The van der Waals surface area contributed by atoms with Crippen LogP contribution in [0.2, 0.25) is 5.82 Å². The minimum atomic E-state index is -1.04. The highest BCUT2D eigenvalue weighted by Crippen LogP contribution is 2.13. The lowest BCUT2D eigenvalue weighted by atomic mass is 9.76. The summed E-state index contributed by atoms with van der Waals surface area (Å²) in [6, 6.07) is 0. The van der Waals surface area contributed by atoms with Gasteiger partial charge in [-0.3, -0.25) is 4.79 Å². The summed E-state index contributed by atoms with van der Waals surface area (Å²) in [7, 11) is 1.14. The minimum absolute atomic E-state index is 0.0639. The quantitative estimate of drug-likeness (QED) is 0.326. The van der Waals surface area contributed by atoms with E-state index in [9.17, 15) is 4.79 Å². The van der Waals surface area contributed by atoms with E-state index in [0.29, 0.717) is 0 Å². The molecule has 0 aromatic carbocycles. The fraction of sp³-hybridized carbons (Fsp3) is 0.625. The van der Waals surface area contributed by atoms with Crippen LogP contribution in [0.1, 0.15) is 6.92 Å². The first-order chi connectivity index (χ1) is 6.63. The SMILES string of the molecule is C#CCOC(C)C([B]OCN)C(=O)O. The third kappa shape index (κ3) is 4.87. The molecule has 3 N–H and O–H groups in total. The Balaban J connectivity index is 4.05. The van der Waals surface area contributed by atoms with Crippen molar-refractivity contribution < 1.29 is 19.3 Å². The fourth-order valence-corrected chi connectivity index (χ4v) is 0.812. The smallest absolute Gasteiger partial charge is 0.311 e. The molecule has 0 aliphatic rings. The number of nitrogens with two attached hydrogens (primary N) is 1. The van der Waals surface area contributed by atoms with Gasteiger partial charge in [-0.2, -0.15) is 0 Å². The highest BCUT2D eigenvalue weighted by molar-refractivity contribution is 6.37. The third-order valence-corrected chi connectivity index (χ3v) is 1.56. The Morgan fingerprint density at radius 2 is 2.43 bits per heavy atom. The first-order valence-corrected chi connectivity index (χ1v) is 4.06. The van der Waals surface area contributed by atoms with Crippen molar-refractivity contribution in [2.75, 3.05) is 13.3 Å². The number of aliphatic carboxylic acids is 1. The van der Waals surface area contributed by atoms with E-state index in [1.54, 1.807) is 6.92 Å². The average molecular weight is 198 g/mol. The van der Waals surface area contributed by atoms with Crippen molar-refractivity contribution in [1.82, 2.24) is 0 Å². The van der Waals surface area contributed by atoms with Crippen LogP contribution in [0.25, 0.3) is 0 Å². The predicted octanol–water partition coefficient (Wildman–Crippen LogP) is -0.550. The highest BCUT2D eigenvalue weighted by atomic mass is 16.5. The summed E-state index contributed by atoms with van der Waals surface area (Å²) in [6.45, 7) is 1.61. The van der Waals surface area contributed by atoms with E-state index in [0.717, 1.165) is 7.48 Å². The van der Waals surface area contributed by atoms with Crippen LogP contribution in [-0.4, -0.2) is 38.0 Å². The Bertz CT molecular complexity index is 216. The predicted molar refractivity (Wildman–Crippen MR) is 51.5 cm³/mol. The molecule has 0 saturated heterocycles. The molecule has 0 fully saturated rings. The first-order valence-electron chi connectivity index (χ1n) is 4.06. The van der Waals surface area contributed by atoms with Gasteiger partial charge in [0, 0.05) is 0 Å². The van der Waals surface area contributed by atoms with Crippen molar-refractivity contribution in [2.45, 2.75) is 18.8 Å². The molecule has 0 bridgehead atoms. The number of carboxylic acids is 1. The third-order valence-electron chi connectivity index (χ3n) is 1.56. The molecular weight excluding hydrogens is 185 g/mol. The monoisotopic (exact) mass is 198 g/mol. The molecule has 14 heavy (non-hydrogen) atoms. The van der Waals surface area contributed by atoms with Crippen LogP contribution in [-0.2, 0) is 14.2 Å². The molecule has 0 rings (SSSR count). The van der Waals surface area contributed by atoms with Crippen molar-refractivity contribution in [1.29, 1.82) is 0 Å². The largest absolute Gasteiger partial charge is 0.481 e. The van der Waals surface area contributed by atoms with Crippen LogP contribution < -0.4 is 5.73 Å². The van der Waals surface area contributed by atoms with E-state index in [-0.39, 0.29) is 13.3 Å². The molecular formula is C8H13BNO4. The Morgan fingerprint density at radius 1 is 1.79 bits per heavy atom. The molecule has 0 aromatic rings. The highest BCUT2D eigenvalue weighted by Gasteiger charge is 2.27. The van der Waals surface area contributed by atoms with Gasteiger partial charge in [0.2, 0.25) is 0 Å². The van der Waals surface area contributed by atoms with Gasteiger partial charge < -0.3 is 20.2 Å². The van der Waals surface area contributed by atoms with Crippen molar-refractivity contribution >= 4 is 13.5 Å². The van der Waals surface area contributed by atoms with E-state index in [2.05, 4.69) is 5.92 Å². The Labute approximate surface area is 83.8 Å². The molecule has 6 heteroatoms. The van der Waals surface area contributed by atoms with Gasteiger partial charge in [0.25, 0.3) is 0 Å². The van der Waals surface area contributed by atoms with Crippen molar-refractivity contribution in [3.05, 3.63) is 0 Å². The van der Waals surface area contributed by atoms with E-state index >= 15 is 0 Å². The van der Waals surface area contributed by atoms with E-state index < -0.39 is 17.9 Å². The molecule has 0 aliphatic carbocycles. The lowest BCUT2D eigenvalue weighted by molar-refractivity contribution is -0.139. The van der Waals surface area contributed by atoms with E-state index in [1.165, 1.54) is 0 Å². The number of hydrogen-bond acceptors (Lipinski definition) is 4. The zero-order chi connectivity index (χ0) is 11.0. The molecule has 0 aliphatic heterocycles. The number of terminal acetylenes is 1. The van der Waals surface area contributed by atoms with Gasteiger partial charge in [-0.25, -0.2) is 0 Å². The Hall–Kier alpha value is -1.03. The van der Waals surface area contributed by atoms with Crippen LogP contribution in [0.5, 0.6) is 0 Å². The van der Waals surface area contributed by atoms with E-state index in [1.807, 2.05) is 0 Å². The van der Waals surface area contributed by atoms with Gasteiger partial charge >= 0.3 is 13.5 Å². The summed E-state index contributed by atoms with van der Waals surface area (Å²) in [4.78, 5) is 10.7. The second kappa shape index (κ2) is 7.39. The van der Waals surface area contributed by atoms with Crippen molar-refractivity contribution in [2.24, 2.45) is 5.73 Å². The molecule has 1 radical (unpaired) electrons. The molecule has 0 spiro atoms. The zero-order valence-electron chi connectivity index (χ0n) is 7.97. The summed E-state index contributed by atoms with van der Waals surface area (Å²) >= 11 is 0. The maximum atomic E-state index is 10.7. The molecule has 0 aromatic heterocycles. The Morgan fingerprint density at radius 3 is 2.86 bits per heavy atom. The van der Waals surface area contributed by atoms with Gasteiger partial charge in [0.1, 0.15) is 6.61 Å². The number of ether oxygens (including phenoxy) is 1. The number of rotatable bonds is 7. The second-order valence-corrected chi connectivity index (χ2v) is 2.55. The van der Waals surface area contributed by atoms with Crippen LogP contribution in [0.3, 0.4) is 0 Å². The minimum Gasteiger partial charge on any atom is -0.481 e. The van der Waals surface area contributed by atoms with E-state index in [4.69, 9.17) is 26.7 Å². The summed E-state index contributed by atoms with van der Waals surface area (Å²) < 4.78 is 9.74. The zero-order valence-corrected chi connectivity index (χ0v) is 7.97. The Kier molecular flexibility index (Phi) is 6.84. The molecule has 2 unspecified atom stereocenters. The fourth-order valence-electron chi connectivity index (χ4n) is 0.812. The van der Waals surface area contributed by atoms with Crippen molar-refractivity contribution in [3.63, 3.8) is 0 Å². The normalized spacial score (nSPS) is 14.1. The summed E-state index contributed by atoms with van der Waals surface area (Å²) in [5, 5.41) is 8.79. The lowest BCUT2D eigenvalue weighted by Gasteiger charge is -2.17. The number of hydrogen-bond donors (Lipinski definition) is 2. The standard InChI is InChI=1S/C8H13BNO4/c1-3-4-13-6(2)7(8(11)12)9-14-5-10/h1,6-7H,4-5,10H2,2H3,(H,11,12). The van der Waals surface area contributed by atoms with Crippen LogP contribution >= 0.6 is 0 Å². The maximum absolute atomic E-state index is 10.7. The van der Waals surface area contributed by atoms with Gasteiger partial charge in [-0.05, 0) is 6.92 Å². The van der Waals surface area contributed by atoms with Crippen LogP contribution in [0.4, 0.5) is 0 Å². The second-order valence-electron chi connectivity index (χ2n) is 2.55. The van der Waals surface area contributed by atoms with Crippen LogP contribution in [0, 0.1) is 12.3 Å². The number of carboxylic acid groups (broad SMARTS) is 1. The average Bonchev–Trinajstić information content (AvgIpc) is 2.14. The lowest BCUT2D eigenvalue weighted by Crippen LogP contribution is -2.30. The van der Waals surface area contributed by atoms with Gasteiger partial charge in [0.15, 0.2) is 0 Å². The topological polar surface area (TPSA) is 81.8 Å². The van der Waals surface area contributed by atoms with Gasteiger partial charge in [0.05, 0.1) is 18.7 Å². The first kappa shape index (κ1) is 13.0. The maximum Gasteiger partial charge on any atom is 0.311 e. The molecule has 0 saturated carbocycles. The molecule has 77 valence electrons. The van der Waals surface area contributed by atoms with Crippen LogP contribution in [0.15, 0.2) is 0 Å². The van der Waals surface area contributed by atoms with Gasteiger partial charge in [-0.1, -0.05) is 5.92 Å². The summed E-state index contributed by atoms with van der Waals surface area (Å²) in [5.41, 5.74) is 5.06. The summed E-state index contributed by atoms with van der Waals surface area (Å²) in [6.07, 6.45) is 4.42. The summed E-state index contributed by atoms with van der Waals surface area (Å²) in [5.74, 6) is 0.346. The molecule has 2 atom stereocenters.